The molecule has 0 bridgehead atoms. The molecule has 0 saturated heterocycles. The van der Waals surface area contributed by atoms with Gasteiger partial charge in [0.1, 0.15) is 0 Å². The van der Waals surface area contributed by atoms with Gasteiger partial charge in [-0.25, -0.2) is 4.73 Å². The molecule has 0 amide bonds. The van der Waals surface area contributed by atoms with Crippen molar-refractivity contribution in [3.8, 4) is 11.1 Å². The number of rotatable bonds is 6. The molecule has 3 rings (SSSR count). The van der Waals surface area contributed by atoms with Crippen molar-refractivity contribution in [2.75, 3.05) is 11.9 Å². The van der Waals surface area contributed by atoms with Crippen LogP contribution in [-0.2, 0) is 9.53 Å². The Labute approximate surface area is 156 Å². The highest BCUT2D eigenvalue weighted by molar-refractivity contribution is 5.77. The third-order valence-corrected chi connectivity index (χ3v) is 3.86. The molecule has 8 heteroatoms. The zero-order valence-electron chi connectivity index (χ0n) is 15.1. The smallest absolute Gasteiger partial charge is 0.460 e. The van der Waals surface area contributed by atoms with E-state index in [9.17, 15) is 15.2 Å². The van der Waals surface area contributed by atoms with E-state index in [-0.39, 0.29) is 36.1 Å². The van der Waals surface area contributed by atoms with Crippen LogP contribution in [0.15, 0.2) is 48.5 Å². The van der Waals surface area contributed by atoms with Gasteiger partial charge in [0.05, 0.1) is 19.1 Å². The van der Waals surface area contributed by atoms with Gasteiger partial charge in [0.15, 0.2) is 5.52 Å². The fraction of sp³-hybridized carbons (Fsp3) is 0.263. The molecule has 0 aliphatic heterocycles. The lowest BCUT2D eigenvalue weighted by Crippen LogP contribution is -2.44. The highest BCUT2D eigenvalue weighted by Crippen LogP contribution is 2.21. The minimum atomic E-state index is -0.391. The highest BCUT2D eigenvalue weighted by Gasteiger charge is 2.21. The van der Waals surface area contributed by atoms with E-state index in [4.69, 9.17) is 4.74 Å². The van der Waals surface area contributed by atoms with E-state index in [2.05, 4.69) is 10.4 Å². The number of nitrogens with one attached hydrogen (secondary N) is 1. The van der Waals surface area contributed by atoms with E-state index in [0.717, 1.165) is 11.1 Å². The van der Waals surface area contributed by atoms with E-state index < -0.39 is 5.97 Å². The number of esters is 1. The number of nitrogens with zero attached hydrogens (tertiary/aromatic N) is 3. The molecule has 2 aromatic carbocycles. The van der Waals surface area contributed by atoms with Gasteiger partial charge in [0, 0.05) is 10.9 Å². The van der Waals surface area contributed by atoms with E-state index in [1.807, 2.05) is 30.3 Å². The van der Waals surface area contributed by atoms with Crippen LogP contribution in [0.2, 0.25) is 0 Å². The van der Waals surface area contributed by atoms with E-state index >= 15 is 0 Å². The number of ether oxygens (including phenoxy) is 1. The first-order valence-corrected chi connectivity index (χ1v) is 8.61. The second kappa shape index (κ2) is 7.86. The van der Waals surface area contributed by atoms with Gasteiger partial charge in [-0.1, -0.05) is 36.4 Å². The van der Waals surface area contributed by atoms with Crippen LogP contribution in [-0.4, -0.2) is 23.7 Å². The van der Waals surface area contributed by atoms with Crippen molar-refractivity contribution < 1.29 is 19.1 Å². The molecule has 27 heavy (non-hydrogen) atoms. The molecule has 0 fully saturated rings. The quantitative estimate of drug-likeness (QED) is 0.405. The summed E-state index contributed by atoms with van der Waals surface area (Å²) in [5, 5.41) is 31.3. The minimum Gasteiger partial charge on any atom is -0.739 e. The highest BCUT2D eigenvalue weighted by atomic mass is 16.5. The van der Waals surface area contributed by atoms with Gasteiger partial charge in [0.2, 0.25) is 5.10 Å². The predicted octanol–water partition coefficient (Wildman–Crippen LogP) is 1.92. The summed E-state index contributed by atoms with van der Waals surface area (Å²) in [5.41, 5.74) is 2.09. The number of anilines is 1. The Kier molecular flexibility index (Phi) is 5.35. The van der Waals surface area contributed by atoms with Crippen LogP contribution >= 0.6 is 0 Å². The second-order valence-electron chi connectivity index (χ2n) is 6.28. The minimum absolute atomic E-state index is 0.0592. The Balaban J connectivity index is 1.83. The van der Waals surface area contributed by atoms with Gasteiger partial charge < -0.3 is 15.2 Å². The monoisotopic (exact) mass is 368 g/mol. The van der Waals surface area contributed by atoms with Crippen LogP contribution in [0, 0.1) is 10.4 Å². The zero-order chi connectivity index (χ0) is 19.4. The van der Waals surface area contributed by atoms with Gasteiger partial charge in [-0.2, -0.15) is 0 Å². The van der Waals surface area contributed by atoms with E-state index in [0.29, 0.717) is 9.58 Å². The van der Waals surface area contributed by atoms with Crippen LogP contribution in [0.25, 0.3) is 22.2 Å². The fourth-order valence-corrected chi connectivity index (χ4v) is 2.66. The zero-order valence-corrected chi connectivity index (χ0v) is 15.1. The van der Waals surface area contributed by atoms with Crippen LogP contribution in [0.4, 0.5) is 5.95 Å². The van der Waals surface area contributed by atoms with Gasteiger partial charge in [-0.15, -0.1) is 0 Å². The summed E-state index contributed by atoms with van der Waals surface area (Å²) in [6, 6.07) is 14.5. The first kappa shape index (κ1) is 18.4. The lowest BCUT2D eigenvalue weighted by Gasteiger charge is -2.11. The summed E-state index contributed by atoms with van der Waals surface area (Å²) in [7, 11) is 0. The molecule has 0 atom stereocenters. The van der Waals surface area contributed by atoms with Crippen molar-refractivity contribution in [3.05, 3.63) is 58.9 Å². The van der Waals surface area contributed by atoms with Gasteiger partial charge >= 0.3 is 11.9 Å². The Bertz CT molecular complexity index is 961. The molecule has 3 aromatic rings. The second-order valence-corrected chi connectivity index (χ2v) is 6.28. The number of aromatic nitrogens is 3. The van der Waals surface area contributed by atoms with Crippen molar-refractivity contribution in [2.24, 2.45) is 0 Å². The Morgan fingerprint density at radius 1 is 1.11 bits per heavy atom. The van der Waals surface area contributed by atoms with Crippen LogP contribution in [0.1, 0.15) is 20.3 Å². The van der Waals surface area contributed by atoms with Crippen LogP contribution in [0.5, 0.6) is 0 Å². The number of hydrogen-bond donors (Lipinski definition) is 1. The molecular weight excluding hydrogens is 348 g/mol. The molecule has 0 spiro atoms. The number of hydrogen-bond acceptors (Lipinski definition) is 6. The molecule has 140 valence electrons. The summed E-state index contributed by atoms with van der Waals surface area (Å²) < 4.78 is 5.56. The van der Waals surface area contributed by atoms with Gasteiger partial charge in [-0.05, 0) is 31.0 Å². The molecular formula is C19H20N4O4. The summed E-state index contributed by atoms with van der Waals surface area (Å²) >= 11 is 0. The topological polar surface area (TPSA) is 105 Å². The van der Waals surface area contributed by atoms with E-state index in [1.54, 1.807) is 32.0 Å². The number of carbonyl (C=O) groups excluding carboxylic acids is 1. The predicted molar refractivity (Wildman–Crippen MR) is 99.4 cm³/mol. The summed E-state index contributed by atoms with van der Waals surface area (Å²) in [6.07, 6.45) is -0.146. The SMILES string of the molecule is CC(C)OC(=O)CCNc1n[n+]([O-])c2cc(-c3ccccc3)ccc2[n+]1[O-]. The fourth-order valence-electron chi connectivity index (χ4n) is 2.66. The molecule has 0 radical (unpaired) electrons. The van der Waals surface area contributed by atoms with Gasteiger partial charge in [0.25, 0.3) is 5.52 Å². The first-order chi connectivity index (χ1) is 13.0. The number of fused-ring (bicyclic) bond motifs is 1. The first-order valence-electron chi connectivity index (χ1n) is 8.61. The molecule has 0 unspecified atom stereocenters. The normalized spacial score (nSPS) is 10.9. The van der Waals surface area contributed by atoms with Crippen molar-refractivity contribution in [3.63, 3.8) is 0 Å². The third kappa shape index (κ3) is 4.22. The number of benzene rings is 2. The summed E-state index contributed by atoms with van der Waals surface area (Å²) in [4.78, 5) is 12.0. The maximum Gasteiger partial charge on any atom is 0.460 e. The average molecular weight is 368 g/mol. The summed E-state index contributed by atoms with van der Waals surface area (Å²) in [6.45, 7) is 3.64. The molecule has 0 aliphatic carbocycles. The van der Waals surface area contributed by atoms with Crippen LogP contribution < -0.4 is 14.9 Å². The maximum atomic E-state index is 12.5. The number of carbonyl (C=O) groups is 1. The Morgan fingerprint density at radius 3 is 2.56 bits per heavy atom. The molecule has 1 aromatic heterocycles. The maximum absolute atomic E-state index is 12.5. The van der Waals surface area contributed by atoms with Crippen LogP contribution in [0.3, 0.4) is 0 Å². The van der Waals surface area contributed by atoms with Gasteiger partial charge in [-0.3, -0.25) is 10.1 Å². The Morgan fingerprint density at radius 2 is 1.85 bits per heavy atom. The molecule has 0 aliphatic rings. The van der Waals surface area contributed by atoms with E-state index in [1.165, 1.54) is 0 Å². The standard InChI is InChI=1S/C19H20N4O4/c1-13(2)27-18(24)10-11-20-19-21-23(26)17-12-15(8-9-16(17)22(19)25)14-6-4-3-5-7-14/h3-9,12-13H,10-11H2,1-2H3,(H,20,21). The summed E-state index contributed by atoms with van der Waals surface area (Å²) in [5.74, 6) is -0.555. The van der Waals surface area contributed by atoms with Crippen molar-refractivity contribution in [2.45, 2.75) is 26.4 Å². The van der Waals surface area contributed by atoms with Crippen molar-refractivity contribution in [1.29, 1.82) is 0 Å². The molecule has 1 heterocycles. The lowest BCUT2D eigenvalue weighted by molar-refractivity contribution is -0.672. The molecule has 0 saturated carbocycles. The van der Waals surface area contributed by atoms with Crippen molar-refractivity contribution in [1.82, 2.24) is 5.10 Å². The largest absolute Gasteiger partial charge is 0.739 e. The average Bonchev–Trinajstić information content (AvgIpc) is 2.65. The lowest BCUT2D eigenvalue weighted by atomic mass is 10.1. The van der Waals surface area contributed by atoms with Crippen molar-refractivity contribution >= 4 is 23.0 Å². The third-order valence-electron chi connectivity index (χ3n) is 3.86. The molecule has 1 N–H and O–H groups in total. The molecule has 8 nitrogen and oxygen atoms in total. The Hall–Kier alpha value is -3.42.